The van der Waals surface area contributed by atoms with Crippen molar-refractivity contribution in [1.82, 2.24) is 34.9 Å². The molecular weight excluding hydrogens is 422 g/mol. The van der Waals surface area contributed by atoms with Gasteiger partial charge in [-0.25, -0.2) is 9.97 Å². The van der Waals surface area contributed by atoms with Crippen molar-refractivity contribution in [3.05, 3.63) is 70.3 Å². The van der Waals surface area contributed by atoms with E-state index in [1.165, 1.54) is 6.33 Å². The standard InChI is InChI=1S/C22H21N9O2/c1-11-5-4-6-14-9-15(31(22(32)17(11)14)16-7-8-26-29-16)12(2)27-20-18(19(23)24-10-25-20)21-28-13(3)30-33-21/h4-10,12H,1-3H3,(H,26,29)(H3,23,24,25,27)/t12-/m0/s1. The van der Waals surface area contributed by atoms with Crippen molar-refractivity contribution >= 4 is 22.4 Å². The van der Waals surface area contributed by atoms with Crippen LogP contribution in [0.15, 0.2) is 52.2 Å². The summed E-state index contributed by atoms with van der Waals surface area (Å²) in [5, 5.41) is 15.7. The van der Waals surface area contributed by atoms with Crippen LogP contribution in [0.25, 0.3) is 28.0 Å². The Bertz CT molecular complexity index is 1520. The maximum Gasteiger partial charge on any atom is 0.265 e. The number of nitrogens with two attached hydrogens (primary N) is 1. The highest BCUT2D eigenvalue weighted by molar-refractivity contribution is 5.85. The number of H-pyrrole nitrogens is 1. The molecule has 4 N–H and O–H groups in total. The third kappa shape index (κ3) is 3.49. The van der Waals surface area contributed by atoms with E-state index in [9.17, 15) is 4.79 Å². The first-order valence-electron chi connectivity index (χ1n) is 10.3. The Kier molecular flexibility index (Phi) is 4.85. The molecule has 0 bridgehead atoms. The predicted molar refractivity (Wildman–Crippen MR) is 123 cm³/mol. The molecule has 0 aliphatic rings. The number of nitrogens with one attached hydrogen (secondary N) is 2. The molecule has 4 heterocycles. The lowest BCUT2D eigenvalue weighted by atomic mass is 10.0. The van der Waals surface area contributed by atoms with Crippen LogP contribution in [0.3, 0.4) is 0 Å². The molecule has 0 amide bonds. The first-order chi connectivity index (χ1) is 15.9. The lowest BCUT2D eigenvalue weighted by Gasteiger charge is -2.21. The third-order valence-corrected chi connectivity index (χ3v) is 5.41. The molecule has 0 unspecified atom stereocenters. The Balaban J connectivity index is 1.66. The van der Waals surface area contributed by atoms with Crippen molar-refractivity contribution in [2.45, 2.75) is 26.8 Å². The van der Waals surface area contributed by atoms with Crippen LogP contribution in [-0.2, 0) is 0 Å². The molecule has 1 atom stereocenters. The summed E-state index contributed by atoms with van der Waals surface area (Å²) in [5.41, 5.74) is 7.94. The molecule has 1 aromatic carbocycles. The molecule has 0 saturated carbocycles. The van der Waals surface area contributed by atoms with Gasteiger partial charge in [-0.2, -0.15) is 10.1 Å². The molecule has 0 radical (unpaired) electrons. The summed E-state index contributed by atoms with van der Waals surface area (Å²) in [4.78, 5) is 26.2. The summed E-state index contributed by atoms with van der Waals surface area (Å²) < 4.78 is 6.89. The minimum Gasteiger partial charge on any atom is -0.383 e. The highest BCUT2D eigenvalue weighted by Crippen LogP contribution is 2.32. The number of aryl methyl sites for hydroxylation is 2. The van der Waals surface area contributed by atoms with Gasteiger partial charge in [0.25, 0.3) is 11.4 Å². The van der Waals surface area contributed by atoms with Crippen LogP contribution in [0.5, 0.6) is 0 Å². The van der Waals surface area contributed by atoms with Gasteiger partial charge in [0, 0.05) is 12.3 Å². The molecule has 0 aliphatic carbocycles. The van der Waals surface area contributed by atoms with Gasteiger partial charge < -0.3 is 15.6 Å². The van der Waals surface area contributed by atoms with Gasteiger partial charge in [0.15, 0.2) is 11.6 Å². The van der Waals surface area contributed by atoms with Crippen molar-refractivity contribution in [2.24, 2.45) is 0 Å². The second-order valence-corrected chi connectivity index (χ2v) is 7.68. The average Bonchev–Trinajstić information content (AvgIpc) is 3.45. The molecule has 5 rings (SSSR count). The summed E-state index contributed by atoms with van der Waals surface area (Å²) in [6, 6.07) is 9.11. The number of nitrogen functional groups attached to an aromatic ring is 1. The van der Waals surface area contributed by atoms with Gasteiger partial charge in [-0.15, -0.1) is 0 Å². The van der Waals surface area contributed by atoms with E-state index in [0.29, 0.717) is 34.1 Å². The van der Waals surface area contributed by atoms with E-state index in [0.717, 1.165) is 10.9 Å². The zero-order valence-corrected chi connectivity index (χ0v) is 18.2. The lowest BCUT2D eigenvalue weighted by molar-refractivity contribution is 0.425. The average molecular weight is 443 g/mol. The highest BCUT2D eigenvalue weighted by atomic mass is 16.5. The normalized spacial score (nSPS) is 12.2. The number of anilines is 2. The predicted octanol–water partition coefficient (Wildman–Crippen LogP) is 2.93. The zero-order valence-electron chi connectivity index (χ0n) is 18.2. The van der Waals surface area contributed by atoms with Crippen molar-refractivity contribution < 1.29 is 4.52 Å². The largest absolute Gasteiger partial charge is 0.383 e. The number of rotatable bonds is 5. The van der Waals surface area contributed by atoms with E-state index in [-0.39, 0.29) is 23.3 Å². The van der Waals surface area contributed by atoms with Crippen LogP contribution in [0.1, 0.15) is 30.0 Å². The molecule has 166 valence electrons. The molecule has 0 aliphatic heterocycles. The fourth-order valence-electron chi connectivity index (χ4n) is 3.88. The topological polar surface area (TPSA) is 153 Å². The number of nitrogens with zero attached hydrogens (tertiary/aromatic N) is 6. The summed E-state index contributed by atoms with van der Waals surface area (Å²) in [7, 11) is 0. The van der Waals surface area contributed by atoms with Crippen LogP contribution in [0.2, 0.25) is 0 Å². The van der Waals surface area contributed by atoms with Crippen molar-refractivity contribution in [2.75, 3.05) is 11.1 Å². The van der Waals surface area contributed by atoms with E-state index in [1.807, 2.05) is 38.1 Å². The summed E-state index contributed by atoms with van der Waals surface area (Å²) in [5.74, 6) is 1.76. The fraction of sp³-hybridized carbons (Fsp3) is 0.182. The van der Waals surface area contributed by atoms with Gasteiger partial charge in [-0.3, -0.25) is 14.5 Å². The molecule has 11 heteroatoms. The van der Waals surface area contributed by atoms with Crippen LogP contribution in [0.4, 0.5) is 11.6 Å². The van der Waals surface area contributed by atoms with Crippen molar-refractivity contribution in [3.63, 3.8) is 0 Å². The van der Waals surface area contributed by atoms with Gasteiger partial charge in [-0.1, -0.05) is 23.4 Å². The maximum atomic E-state index is 13.6. The number of aromatic nitrogens is 7. The minimum atomic E-state index is -0.378. The fourth-order valence-corrected chi connectivity index (χ4v) is 3.88. The van der Waals surface area contributed by atoms with Gasteiger partial charge in [0.2, 0.25) is 0 Å². The molecule has 33 heavy (non-hydrogen) atoms. The number of pyridine rings is 1. The van der Waals surface area contributed by atoms with Gasteiger partial charge in [-0.05, 0) is 37.8 Å². The van der Waals surface area contributed by atoms with E-state index < -0.39 is 0 Å². The van der Waals surface area contributed by atoms with Crippen LogP contribution < -0.4 is 16.6 Å². The van der Waals surface area contributed by atoms with Gasteiger partial charge in [0.1, 0.15) is 23.5 Å². The second kappa shape index (κ2) is 7.86. The molecule has 5 aromatic rings. The first kappa shape index (κ1) is 20.4. The van der Waals surface area contributed by atoms with E-state index >= 15 is 0 Å². The minimum absolute atomic E-state index is 0.156. The lowest BCUT2D eigenvalue weighted by Crippen LogP contribution is -2.26. The summed E-state index contributed by atoms with van der Waals surface area (Å²) in [6.45, 7) is 5.55. The van der Waals surface area contributed by atoms with Crippen molar-refractivity contribution in [1.29, 1.82) is 0 Å². The number of fused-ring (bicyclic) bond motifs is 1. The number of hydrogen-bond donors (Lipinski definition) is 3. The molecule has 0 spiro atoms. The van der Waals surface area contributed by atoms with E-state index in [1.54, 1.807) is 23.8 Å². The van der Waals surface area contributed by atoms with Gasteiger partial charge >= 0.3 is 0 Å². The Morgan fingerprint density at radius 2 is 2.06 bits per heavy atom. The SMILES string of the molecule is Cc1noc(-c2c(N)ncnc2N[C@@H](C)c2cc3cccc(C)c3c(=O)n2-c2cc[nH]n2)n1. The molecular formula is C22H21N9O2. The molecule has 0 saturated heterocycles. The zero-order chi connectivity index (χ0) is 23.1. The Morgan fingerprint density at radius 3 is 2.79 bits per heavy atom. The summed E-state index contributed by atoms with van der Waals surface area (Å²) in [6.07, 6.45) is 3.02. The summed E-state index contributed by atoms with van der Waals surface area (Å²) >= 11 is 0. The number of hydrogen-bond acceptors (Lipinski definition) is 9. The Hall–Kier alpha value is -4.54. The number of benzene rings is 1. The number of aromatic amines is 1. The third-order valence-electron chi connectivity index (χ3n) is 5.41. The highest BCUT2D eigenvalue weighted by Gasteiger charge is 2.22. The quantitative estimate of drug-likeness (QED) is 0.372. The Labute approximate surface area is 187 Å². The van der Waals surface area contributed by atoms with Crippen molar-refractivity contribution in [3.8, 4) is 17.3 Å². The van der Waals surface area contributed by atoms with Crippen LogP contribution in [-0.4, -0.2) is 34.9 Å². The van der Waals surface area contributed by atoms with Crippen LogP contribution >= 0.6 is 0 Å². The molecule has 0 fully saturated rings. The molecule has 4 aromatic heterocycles. The van der Waals surface area contributed by atoms with Gasteiger partial charge in [0.05, 0.1) is 17.1 Å². The first-order valence-corrected chi connectivity index (χ1v) is 10.3. The monoisotopic (exact) mass is 443 g/mol. The van der Waals surface area contributed by atoms with E-state index in [4.69, 9.17) is 10.3 Å². The smallest absolute Gasteiger partial charge is 0.265 e. The maximum absolute atomic E-state index is 13.6. The second-order valence-electron chi connectivity index (χ2n) is 7.68. The van der Waals surface area contributed by atoms with E-state index in [2.05, 4.69) is 35.6 Å². The molecule has 11 nitrogen and oxygen atoms in total. The van der Waals surface area contributed by atoms with Crippen LogP contribution in [0, 0.1) is 13.8 Å². The Morgan fingerprint density at radius 1 is 1.21 bits per heavy atom.